The Balaban J connectivity index is 1.60. The molecular weight excluding hydrogens is 306 g/mol. The topological polar surface area (TPSA) is 95.3 Å². The molecule has 2 amide bonds. The average molecular weight is 329 g/mol. The minimum Gasteiger partial charge on any atom is -0.368 e. The maximum absolute atomic E-state index is 12.4. The molecule has 128 valence electrons. The highest BCUT2D eigenvalue weighted by Gasteiger charge is 2.30. The molecule has 2 heterocycles. The van der Waals surface area contributed by atoms with E-state index in [1.54, 1.807) is 4.90 Å². The van der Waals surface area contributed by atoms with Crippen LogP contribution in [-0.2, 0) is 16.0 Å². The fraction of sp³-hybridized carbons (Fsp3) is 0.471. The van der Waals surface area contributed by atoms with Gasteiger partial charge in [0.25, 0.3) is 0 Å². The van der Waals surface area contributed by atoms with Crippen LogP contribution in [0.25, 0.3) is 11.0 Å². The first kappa shape index (κ1) is 16.4. The number of rotatable bonds is 4. The van der Waals surface area contributed by atoms with Gasteiger partial charge in [0.15, 0.2) is 0 Å². The summed E-state index contributed by atoms with van der Waals surface area (Å²) >= 11 is 0. The van der Waals surface area contributed by atoms with E-state index in [2.05, 4.69) is 9.97 Å². The van der Waals surface area contributed by atoms with Gasteiger partial charge in [-0.15, -0.1) is 0 Å². The second-order valence-corrected chi connectivity index (χ2v) is 6.41. The number of hydrogen-bond acceptors (Lipinski definition) is 4. The van der Waals surface area contributed by atoms with Crippen molar-refractivity contribution in [3.8, 4) is 0 Å². The fourth-order valence-corrected chi connectivity index (χ4v) is 3.16. The number of aryl methyl sites for hydroxylation is 2. The summed E-state index contributed by atoms with van der Waals surface area (Å²) in [4.78, 5) is 35.2. The number of piperazine rings is 1. The summed E-state index contributed by atoms with van der Waals surface area (Å²) in [7, 11) is 1.86. The zero-order chi connectivity index (χ0) is 17.3. The van der Waals surface area contributed by atoms with Gasteiger partial charge in [0.2, 0.25) is 11.8 Å². The molecule has 0 aliphatic carbocycles. The Morgan fingerprint density at radius 3 is 2.92 bits per heavy atom. The van der Waals surface area contributed by atoms with Crippen molar-refractivity contribution in [2.45, 2.75) is 25.8 Å². The normalized spacial score (nSPS) is 18.9. The lowest BCUT2D eigenvalue weighted by atomic mass is 10.1. The summed E-state index contributed by atoms with van der Waals surface area (Å²) in [6.45, 7) is 3.60. The van der Waals surface area contributed by atoms with Gasteiger partial charge in [-0.2, -0.15) is 0 Å². The highest BCUT2D eigenvalue weighted by Crippen LogP contribution is 2.16. The number of likely N-dealkylation sites (N-methyl/N-ethyl adjacent to an activating group) is 1. The number of nitrogens with two attached hydrogens (primary N) is 1. The van der Waals surface area contributed by atoms with Gasteiger partial charge in [-0.05, 0) is 38.1 Å². The van der Waals surface area contributed by atoms with Crippen LogP contribution in [0.3, 0.4) is 0 Å². The maximum Gasteiger partial charge on any atom is 0.236 e. The van der Waals surface area contributed by atoms with Crippen molar-refractivity contribution in [2.24, 2.45) is 5.73 Å². The molecule has 24 heavy (non-hydrogen) atoms. The molecule has 1 fully saturated rings. The summed E-state index contributed by atoms with van der Waals surface area (Å²) in [6, 6.07) is 5.62. The maximum atomic E-state index is 12.4. The molecule has 1 aromatic heterocycles. The highest BCUT2D eigenvalue weighted by molar-refractivity contribution is 5.82. The molecule has 7 nitrogen and oxygen atoms in total. The SMILES string of the molecule is Cc1nc2ccc(CCC(=O)N3CCN(C)C(C(N)=O)C3)cc2[nH]1. The number of H-pyrrole nitrogens is 1. The Bertz CT molecular complexity index is 769. The number of aromatic amines is 1. The molecular formula is C17H23N5O2. The third kappa shape index (κ3) is 3.41. The molecule has 1 aliphatic heterocycles. The lowest BCUT2D eigenvalue weighted by molar-refractivity contribution is -0.136. The van der Waals surface area contributed by atoms with E-state index >= 15 is 0 Å². The molecule has 0 spiro atoms. The Morgan fingerprint density at radius 2 is 2.17 bits per heavy atom. The van der Waals surface area contributed by atoms with Gasteiger partial charge >= 0.3 is 0 Å². The van der Waals surface area contributed by atoms with Crippen LogP contribution in [0.4, 0.5) is 0 Å². The van der Waals surface area contributed by atoms with Crippen LogP contribution in [0, 0.1) is 6.92 Å². The summed E-state index contributed by atoms with van der Waals surface area (Å²) in [6.07, 6.45) is 1.09. The van der Waals surface area contributed by atoms with E-state index in [1.165, 1.54) is 0 Å². The number of imidazole rings is 1. The van der Waals surface area contributed by atoms with E-state index < -0.39 is 6.04 Å². The van der Waals surface area contributed by atoms with Crippen LogP contribution in [0.5, 0.6) is 0 Å². The second-order valence-electron chi connectivity index (χ2n) is 6.41. The van der Waals surface area contributed by atoms with E-state index in [1.807, 2.05) is 37.1 Å². The van der Waals surface area contributed by atoms with Crippen LogP contribution >= 0.6 is 0 Å². The lowest BCUT2D eigenvalue weighted by Crippen LogP contribution is -2.57. The predicted molar refractivity (Wildman–Crippen MR) is 91.3 cm³/mol. The number of hydrogen-bond donors (Lipinski definition) is 2. The predicted octanol–water partition coefficient (Wildman–Crippen LogP) is 0.432. The van der Waals surface area contributed by atoms with Crippen molar-refractivity contribution in [1.82, 2.24) is 19.8 Å². The standard InChI is InChI=1S/C17H23N5O2/c1-11-19-13-5-3-12(9-14(13)20-11)4-6-16(23)22-8-7-21(2)15(10-22)17(18)24/h3,5,9,15H,4,6-8,10H2,1-2H3,(H2,18,24)(H,19,20). The first-order chi connectivity index (χ1) is 11.4. The van der Waals surface area contributed by atoms with Crippen molar-refractivity contribution >= 4 is 22.8 Å². The zero-order valence-corrected chi connectivity index (χ0v) is 14.1. The van der Waals surface area contributed by atoms with Crippen molar-refractivity contribution in [3.63, 3.8) is 0 Å². The molecule has 1 unspecified atom stereocenters. The number of carbonyl (C=O) groups is 2. The number of nitrogens with one attached hydrogen (secondary N) is 1. The summed E-state index contributed by atoms with van der Waals surface area (Å²) in [5, 5.41) is 0. The van der Waals surface area contributed by atoms with Crippen LogP contribution in [0.15, 0.2) is 18.2 Å². The Labute approximate surface area is 140 Å². The molecule has 3 rings (SSSR count). The van der Waals surface area contributed by atoms with Crippen molar-refractivity contribution in [3.05, 3.63) is 29.6 Å². The molecule has 1 aromatic carbocycles. The smallest absolute Gasteiger partial charge is 0.236 e. The molecule has 3 N–H and O–H groups in total. The van der Waals surface area contributed by atoms with Gasteiger partial charge in [-0.1, -0.05) is 6.07 Å². The van der Waals surface area contributed by atoms with Crippen LogP contribution in [0.2, 0.25) is 0 Å². The number of amides is 2. The number of nitrogens with zero attached hydrogens (tertiary/aromatic N) is 3. The van der Waals surface area contributed by atoms with E-state index in [-0.39, 0.29) is 11.8 Å². The number of benzene rings is 1. The van der Waals surface area contributed by atoms with Crippen LogP contribution in [-0.4, -0.2) is 64.3 Å². The van der Waals surface area contributed by atoms with Gasteiger partial charge in [0.05, 0.1) is 11.0 Å². The van der Waals surface area contributed by atoms with Crippen molar-refractivity contribution in [1.29, 1.82) is 0 Å². The minimum absolute atomic E-state index is 0.0650. The number of aromatic nitrogens is 2. The van der Waals surface area contributed by atoms with E-state index in [9.17, 15) is 9.59 Å². The van der Waals surface area contributed by atoms with Crippen LogP contribution in [0.1, 0.15) is 17.8 Å². The van der Waals surface area contributed by atoms with Gasteiger partial charge < -0.3 is 15.6 Å². The fourth-order valence-electron chi connectivity index (χ4n) is 3.16. The quantitative estimate of drug-likeness (QED) is 0.850. The monoisotopic (exact) mass is 329 g/mol. The molecule has 0 radical (unpaired) electrons. The van der Waals surface area contributed by atoms with E-state index in [0.29, 0.717) is 32.5 Å². The van der Waals surface area contributed by atoms with Crippen LogP contribution < -0.4 is 5.73 Å². The average Bonchev–Trinajstić information content (AvgIpc) is 2.92. The largest absolute Gasteiger partial charge is 0.368 e. The summed E-state index contributed by atoms with van der Waals surface area (Å²) in [5.74, 6) is 0.568. The van der Waals surface area contributed by atoms with Gasteiger partial charge in [-0.3, -0.25) is 14.5 Å². The Morgan fingerprint density at radius 1 is 1.38 bits per heavy atom. The number of primary amides is 1. The lowest BCUT2D eigenvalue weighted by Gasteiger charge is -2.37. The first-order valence-corrected chi connectivity index (χ1v) is 8.16. The molecule has 1 aliphatic rings. The highest BCUT2D eigenvalue weighted by atomic mass is 16.2. The van der Waals surface area contributed by atoms with E-state index in [0.717, 1.165) is 22.4 Å². The molecule has 1 atom stereocenters. The summed E-state index contributed by atoms with van der Waals surface area (Å²) < 4.78 is 0. The van der Waals surface area contributed by atoms with E-state index in [4.69, 9.17) is 5.73 Å². The first-order valence-electron chi connectivity index (χ1n) is 8.16. The second kappa shape index (κ2) is 6.60. The molecule has 0 bridgehead atoms. The Kier molecular flexibility index (Phi) is 4.53. The zero-order valence-electron chi connectivity index (χ0n) is 14.1. The van der Waals surface area contributed by atoms with Crippen molar-refractivity contribution in [2.75, 3.05) is 26.7 Å². The van der Waals surface area contributed by atoms with Gasteiger partial charge in [0.1, 0.15) is 11.9 Å². The molecule has 2 aromatic rings. The summed E-state index contributed by atoms with van der Waals surface area (Å²) in [5.41, 5.74) is 8.44. The molecule has 0 saturated carbocycles. The number of carbonyl (C=O) groups excluding carboxylic acids is 2. The molecule has 7 heteroatoms. The van der Waals surface area contributed by atoms with Gasteiger partial charge in [-0.25, -0.2) is 4.98 Å². The van der Waals surface area contributed by atoms with Crippen molar-refractivity contribution < 1.29 is 9.59 Å². The third-order valence-corrected chi connectivity index (χ3v) is 4.62. The van der Waals surface area contributed by atoms with Gasteiger partial charge in [0, 0.05) is 26.1 Å². The molecule has 1 saturated heterocycles. The number of fused-ring (bicyclic) bond motifs is 1. The minimum atomic E-state index is -0.396. The third-order valence-electron chi connectivity index (χ3n) is 4.62. The Hall–Kier alpha value is -2.41.